The van der Waals surface area contributed by atoms with E-state index in [1.165, 1.54) is 48.6 Å². The second kappa shape index (κ2) is 14.2. The predicted octanol–water partition coefficient (Wildman–Crippen LogP) is 12.1. The summed E-state index contributed by atoms with van der Waals surface area (Å²) in [4.78, 5) is 13.9. The minimum atomic E-state index is -0.0514. The Morgan fingerprint density at radius 1 is 0.644 bits per heavy atom. The minimum absolute atomic E-state index is 0. The van der Waals surface area contributed by atoms with E-state index in [2.05, 4.69) is 160 Å². The Morgan fingerprint density at radius 2 is 1.36 bits per heavy atom. The molecule has 0 unspecified atom stereocenters. The van der Waals surface area contributed by atoms with Gasteiger partial charge < -0.3 is 19.1 Å². The van der Waals surface area contributed by atoms with E-state index in [0.29, 0.717) is 23.3 Å². The molecule has 7 heteroatoms. The Labute approximate surface area is 359 Å². The number of hydrogen-bond donors (Lipinski definition) is 0. The van der Waals surface area contributed by atoms with E-state index in [9.17, 15) is 0 Å². The molecule has 0 radical (unpaired) electrons. The van der Waals surface area contributed by atoms with Gasteiger partial charge in [0.05, 0.1) is 0 Å². The number of para-hydroxylation sites is 3. The van der Waals surface area contributed by atoms with Crippen LogP contribution in [0.15, 0.2) is 146 Å². The van der Waals surface area contributed by atoms with Gasteiger partial charge in [0.1, 0.15) is 5.82 Å². The van der Waals surface area contributed by atoms with Crippen LogP contribution in [-0.2, 0) is 26.5 Å². The second-order valence-electron chi connectivity index (χ2n) is 16.9. The van der Waals surface area contributed by atoms with Crippen LogP contribution in [0, 0.1) is 42.5 Å². The molecule has 6 nitrogen and oxygen atoms in total. The van der Waals surface area contributed by atoms with Crippen LogP contribution in [0.4, 0.5) is 17.1 Å². The minimum Gasteiger partial charge on any atom is -0.509 e. The van der Waals surface area contributed by atoms with Crippen molar-refractivity contribution in [1.82, 2.24) is 14.5 Å². The zero-order chi connectivity index (χ0) is 38.4. The number of fused-ring (bicyclic) bond motifs is 4. The van der Waals surface area contributed by atoms with E-state index in [0.717, 1.165) is 62.3 Å². The number of benzene rings is 5. The maximum atomic E-state index is 6.80. The Hall–Kier alpha value is -5.71. The first-order chi connectivity index (χ1) is 28.6. The molecular weight excluding hydrogens is 906 g/mol. The van der Waals surface area contributed by atoms with Crippen LogP contribution < -0.4 is 14.5 Å². The van der Waals surface area contributed by atoms with Gasteiger partial charge in [-0.3, -0.25) is 4.98 Å². The molecule has 0 saturated heterocycles. The van der Waals surface area contributed by atoms with Crippen molar-refractivity contribution in [2.24, 2.45) is 23.7 Å². The Morgan fingerprint density at radius 3 is 2.15 bits per heavy atom. The molecule has 5 aromatic carbocycles. The number of rotatable bonds is 7. The summed E-state index contributed by atoms with van der Waals surface area (Å²) in [6.45, 7) is 2.11. The summed E-state index contributed by atoms with van der Waals surface area (Å²) in [6.07, 6.45) is 12.7. The van der Waals surface area contributed by atoms with Gasteiger partial charge in [-0.2, -0.15) is 12.7 Å². The van der Waals surface area contributed by atoms with Crippen LogP contribution in [0.2, 0.25) is 0 Å². The first kappa shape index (κ1) is 36.4. The molecule has 13 rings (SSSR count). The summed E-state index contributed by atoms with van der Waals surface area (Å²) in [6, 6.07) is 52.6. The van der Waals surface area contributed by atoms with Crippen molar-refractivity contribution in [1.29, 1.82) is 0 Å². The van der Waals surface area contributed by atoms with Gasteiger partial charge in [-0.25, -0.2) is 4.98 Å². The molecule has 4 saturated carbocycles. The molecule has 59 heavy (non-hydrogen) atoms. The van der Waals surface area contributed by atoms with Crippen LogP contribution in [0.25, 0.3) is 38.8 Å². The monoisotopic (exact) mass is 947 g/mol. The average Bonchev–Trinajstić information content (AvgIpc) is 3.78. The number of hydrogen-bond acceptors (Lipinski definition) is 5. The Kier molecular flexibility index (Phi) is 8.78. The molecule has 8 aromatic rings. The molecule has 294 valence electrons. The van der Waals surface area contributed by atoms with Crippen molar-refractivity contribution in [2.45, 2.75) is 37.5 Å². The van der Waals surface area contributed by atoms with E-state index >= 15 is 0 Å². The van der Waals surface area contributed by atoms with Crippen LogP contribution in [0.3, 0.4) is 0 Å². The van der Waals surface area contributed by atoms with E-state index in [1.807, 2.05) is 30.7 Å². The zero-order valence-electron chi connectivity index (χ0n) is 32.7. The molecule has 4 bridgehead atoms. The van der Waals surface area contributed by atoms with Gasteiger partial charge in [0.25, 0.3) is 0 Å². The fourth-order valence-corrected chi connectivity index (χ4v) is 11.7. The number of aromatic nitrogens is 3. The molecule has 0 N–H and O–H groups in total. The zero-order valence-corrected chi connectivity index (χ0v) is 35.0. The van der Waals surface area contributed by atoms with Gasteiger partial charge in [0, 0.05) is 73.5 Å². The van der Waals surface area contributed by atoms with Gasteiger partial charge in [-0.15, -0.1) is 47.0 Å². The number of anilines is 3. The van der Waals surface area contributed by atoms with E-state index in [1.54, 1.807) is 0 Å². The molecular formula is C52H42N5OPt-3. The molecule has 4 aliphatic carbocycles. The Balaban J connectivity index is 0.00000397. The summed E-state index contributed by atoms with van der Waals surface area (Å²) in [5.41, 5.74) is 10.1. The first-order valence-corrected chi connectivity index (χ1v) is 20.7. The second-order valence-corrected chi connectivity index (χ2v) is 16.9. The summed E-state index contributed by atoms with van der Waals surface area (Å²) >= 11 is 0. The maximum absolute atomic E-state index is 6.80. The molecule has 0 amide bonds. The predicted molar refractivity (Wildman–Crippen MR) is 232 cm³/mol. The summed E-state index contributed by atoms with van der Waals surface area (Å²) in [5, 5.41) is 2.28. The smallest absolute Gasteiger partial charge is 0.135 e. The fraction of sp³-hybridized carbons (Fsp3) is 0.212. The standard InChI is InChI=1S/C52H42N5O.Pt/c1-55-33-56(49-14-8-7-13-48(49)55)42-28-37(36-9-3-2-4-10-36)29-44(31-42)58-43-15-16-46-45-11-5-6-12-47(45)57(50(46)32-43)51-30-39(19-22-54-51)52(38-17-20-53-21-18-38)40-24-34-23-35(26-40)27-41(52)25-34;/h2-22,28-30,33-35,40-41H,23-27H2,1H3;/q-3;. The third-order valence-electron chi connectivity index (χ3n) is 13.8. The van der Waals surface area contributed by atoms with Crippen LogP contribution in [-0.4, -0.2) is 21.6 Å². The number of ether oxygens (including phenoxy) is 1. The normalized spacial score (nSPS) is 22.8. The van der Waals surface area contributed by atoms with Crippen molar-refractivity contribution < 1.29 is 25.8 Å². The van der Waals surface area contributed by atoms with Crippen LogP contribution >= 0.6 is 0 Å². The number of pyridine rings is 2. The largest absolute Gasteiger partial charge is 0.509 e. The van der Waals surface area contributed by atoms with Gasteiger partial charge in [0.15, 0.2) is 0 Å². The summed E-state index contributed by atoms with van der Waals surface area (Å²) in [7, 11) is 2.08. The summed E-state index contributed by atoms with van der Waals surface area (Å²) in [5.74, 6) is 5.10. The van der Waals surface area contributed by atoms with E-state index in [4.69, 9.17) is 9.72 Å². The van der Waals surface area contributed by atoms with Crippen molar-refractivity contribution in [3.8, 4) is 28.4 Å². The van der Waals surface area contributed by atoms with Gasteiger partial charge >= 0.3 is 0 Å². The van der Waals surface area contributed by atoms with Crippen LogP contribution in [0.5, 0.6) is 11.5 Å². The SMILES string of the molecule is CN1[CH-]N(c2[c-]c(Oc3[c-]c4c(cc3)c3ccccc3n4-c3cc(C4(c5ccncc5)C5CC6CC(C5)CC4C6)ccn3)cc(-c3ccccc3)c2)c2ccccc21.[Pt]. The molecule has 5 aliphatic rings. The first-order valence-electron chi connectivity index (χ1n) is 20.7. The molecule has 4 fully saturated rings. The van der Waals surface area contributed by atoms with Crippen molar-refractivity contribution >= 4 is 38.9 Å². The molecule has 4 heterocycles. The van der Waals surface area contributed by atoms with Gasteiger partial charge in [0.2, 0.25) is 0 Å². The van der Waals surface area contributed by atoms with Gasteiger partial charge in [-0.05, 0) is 127 Å². The maximum Gasteiger partial charge on any atom is 0.135 e. The van der Waals surface area contributed by atoms with Gasteiger partial charge in [-0.1, -0.05) is 66.2 Å². The van der Waals surface area contributed by atoms with Crippen LogP contribution in [0.1, 0.15) is 43.2 Å². The molecule has 1 aliphatic heterocycles. The van der Waals surface area contributed by atoms with E-state index in [-0.39, 0.29) is 26.5 Å². The molecule has 3 aromatic heterocycles. The van der Waals surface area contributed by atoms with E-state index < -0.39 is 0 Å². The molecule has 0 spiro atoms. The Bertz CT molecular complexity index is 2830. The molecule has 0 atom stereocenters. The topological polar surface area (TPSA) is 46.4 Å². The summed E-state index contributed by atoms with van der Waals surface area (Å²) < 4.78 is 9.09. The van der Waals surface area contributed by atoms with Crippen molar-refractivity contribution in [2.75, 3.05) is 16.8 Å². The third kappa shape index (κ3) is 5.78. The quantitative estimate of drug-likeness (QED) is 0.149. The third-order valence-corrected chi connectivity index (χ3v) is 13.8. The van der Waals surface area contributed by atoms with Crippen molar-refractivity contribution in [3.63, 3.8) is 0 Å². The average molecular weight is 948 g/mol. The van der Waals surface area contributed by atoms with Crippen molar-refractivity contribution in [3.05, 3.63) is 176 Å². The fourth-order valence-electron chi connectivity index (χ4n) is 11.7. The number of nitrogens with zero attached hydrogens (tertiary/aromatic N) is 5.